The fourth-order valence-corrected chi connectivity index (χ4v) is 3.41. The minimum Gasteiger partial charge on any atom is -0.493 e. The fraction of sp³-hybridized carbons (Fsp3) is 0.0909. The van der Waals surface area contributed by atoms with Gasteiger partial charge in [0.15, 0.2) is 11.5 Å². The van der Waals surface area contributed by atoms with Gasteiger partial charge in [-0.25, -0.2) is 4.98 Å². The summed E-state index contributed by atoms with van der Waals surface area (Å²) in [6, 6.07) is 17.9. The lowest BCUT2D eigenvalue weighted by Gasteiger charge is -2.14. The second-order valence-corrected chi connectivity index (χ2v) is 7.11. The molecular weight excluding hydrogens is 411 g/mol. The Labute approximate surface area is 176 Å². The number of rotatable bonds is 5. The van der Waals surface area contributed by atoms with Crippen LogP contribution in [0, 0.1) is 0 Å². The number of halogens is 2. The summed E-state index contributed by atoms with van der Waals surface area (Å²) < 4.78 is 11.3. The first-order chi connectivity index (χ1) is 14.1. The number of methoxy groups -OCH3 is 1. The maximum atomic E-state index is 12.4. The zero-order valence-corrected chi connectivity index (χ0v) is 16.9. The quantitative estimate of drug-likeness (QED) is 0.458. The van der Waals surface area contributed by atoms with E-state index in [2.05, 4.69) is 9.97 Å². The molecule has 0 aliphatic carbocycles. The molecule has 0 saturated carbocycles. The molecule has 1 aromatic heterocycles. The Hall–Kier alpha value is -3.02. The third kappa shape index (κ3) is 3.92. The molecule has 146 valence electrons. The average Bonchev–Trinajstić information content (AvgIpc) is 2.73. The molecule has 1 N–H and O–H groups in total. The zero-order valence-electron chi connectivity index (χ0n) is 15.4. The highest BCUT2D eigenvalue weighted by Gasteiger charge is 2.15. The number of hydrogen-bond acceptors (Lipinski definition) is 4. The summed E-state index contributed by atoms with van der Waals surface area (Å²) in [5, 5.41) is 1.50. The Morgan fingerprint density at radius 1 is 0.966 bits per heavy atom. The summed E-state index contributed by atoms with van der Waals surface area (Å²) >= 11 is 12.7. The van der Waals surface area contributed by atoms with E-state index in [-0.39, 0.29) is 12.2 Å². The fourth-order valence-electron chi connectivity index (χ4n) is 2.97. The summed E-state index contributed by atoms with van der Waals surface area (Å²) in [6.07, 6.45) is 0. The number of aromatic nitrogens is 2. The van der Waals surface area contributed by atoms with E-state index < -0.39 is 0 Å². The molecule has 0 bridgehead atoms. The van der Waals surface area contributed by atoms with Crippen LogP contribution < -0.4 is 15.0 Å². The lowest BCUT2D eigenvalue weighted by molar-refractivity contribution is 0.284. The van der Waals surface area contributed by atoms with Gasteiger partial charge in [-0.3, -0.25) is 4.79 Å². The second-order valence-electron chi connectivity index (χ2n) is 6.29. The van der Waals surface area contributed by atoms with Crippen LogP contribution in [-0.2, 0) is 6.61 Å². The molecule has 0 aliphatic rings. The van der Waals surface area contributed by atoms with E-state index in [1.807, 2.05) is 24.3 Å². The molecule has 0 amide bonds. The Bertz CT molecular complexity index is 1250. The zero-order chi connectivity index (χ0) is 20.4. The highest BCUT2D eigenvalue weighted by atomic mass is 35.5. The normalized spacial score (nSPS) is 10.9. The monoisotopic (exact) mass is 426 g/mol. The van der Waals surface area contributed by atoms with E-state index in [1.54, 1.807) is 36.4 Å². The number of benzene rings is 3. The molecule has 4 aromatic rings. The predicted octanol–water partition coefficient (Wildman–Crippen LogP) is 5.48. The molecule has 0 spiro atoms. The predicted molar refractivity (Wildman–Crippen MR) is 115 cm³/mol. The molecule has 0 unspecified atom stereocenters. The number of fused-ring (bicyclic) bond motifs is 1. The van der Waals surface area contributed by atoms with Crippen LogP contribution in [0.15, 0.2) is 65.5 Å². The number of hydrogen-bond donors (Lipinski definition) is 1. The number of nitrogens with one attached hydrogen (secondary N) is 1. The molecule has 0 fully saturated rings. The van der Waals surface area contributed by atoms with Crippen LogP contribution in [0.1, 0.15) is 5.56 Å². The highest BCUT2D eigenvalue weighted by molar-refractivity contribution is 6.33. The maximum Gasteiger partial charge on any atom is 0.259 e. The molecule has 0 aliphatic heterocycles. The standard InChI is InChI=1S/C22H16Cl2N2O3/c1-28-19-10-15(21-25-18-9-5-3-7-14(18)22(27)26-21)17(24)11-20(19)29-12-13-6-2-4-8-16(13)23/h2-11H,12H2,1H3,(H,25,26,27). The summed E-state index contributed by atoms with van der Waals surface area (Å²) in [7, 11) is 1.53. The second kappa shape index (κ2) is 8.15. The molecule has 5 nitrogen and oxygen atoms in total. The third-order valence-electron chi connectivity index (χ3n) is 4.46. The van der Waals surface area contributed by atoms with Crippen LogP contribution in [0.5, 0.6) is 11.5 Å². The Balaban J connectivity index is 1.71. The molecule has 0 saturated heterocycles. The Morgan fingerprint density at radius 3 is 2.52 bits per heavy atom. The van der Waals surface area contributed by atoms with Gasteiger partial charge >= 0.3 is 0 Å². The number of para-hydroxylation sites is 1. The van der Waals surface area contributed by atoms with Crippen molar-refractivity contribution >= 4 is 34.1 Å². The largest absolute Gasteiger partial charge is 0.493 e. The van der Waals surface area contributed by atoms with Gasteiger partial charge in [-0.2, -0.15) is 0 Å². The summed E-state index contributed by atoms with van der Waals surface area (Å²) in [4.78, 5) is 19.7. The minimum atomic E-state index is -0.236. The van der Waals surface area contributed by atoms with Gasteiger partial charge in [0.2, 0.25) is 0 Å². The number of aromatic amines is 1. The van der Waals surface area contributed by atoms with Crippen molar-refractivity contribution in [2.45, 2.75) is 6.61 Å². The lowest BCUT2D eigenvalue weighted by Crippen LogP contribution is -2.09. The van der Waals surface area contributed by atoms with Crippen LogP contribution in [0.25, 0.3) is 22.3 Å². The summed E-state index contributed by atoms with van der Waals surface area (Å²) in [5.74, 6) is 1.28. The van der Waals surface area contributed by atoms with Gasteiger partial charge < -0.3 is 14.5 Å². The van der Waals surface area contributed by atoms with E-state index in [9.17, 15) is 4.79 Å². The number of nitrogens with zero attached hydrogens (tertiary/aromatic N) is 1. The van der Waals surface area contributed by atoms with Crippen molar-refractivity contribution in [1.82, 2.24) is 9.97 Å². The number of H-pyrrole nitrogens is 1. The smallest absolute Gasteiger partial charge is 0.259 e. The van der Waals surface area contributed by atoms with Crippen LogP contribution in [0.3, 0.4) is 0 Å². The van der Waals surface area contributed by atoms with Gasteiger partial charge in [-0.05, 0) is 24.3 Å². The van der Waals surface area contributed by atoms with E-state index in [1.165, 1.54) is 7.11 Å². The maximum absolute atomic E-state index is 12.4. The van der Waals surface area contributed by atoms with Crippen molar-refractivity contribution in [2.24, 2.45) is 0 Å². The third-order valence-corrected chi connectivity index (χ3v) is 5.14. The van der Waals surface area contributed by atoms with Crippen molar-refractivity contribution in [3.63, 3.8) is 0 Å². The average molecular weight is 427 g/mol. The highest BCUT2D eigenvalue weighted by Crippen LogP contribution is 2.38. The van der Waals surface area contributed by atoms with E-state index in [4.69, 9.17) is 32.7 Å². The van der Waals surface area contributed by atoms with Gasteiger partial charge in [0.1, 0.15) is 12.4 Å². The minimum absolute atomic E-state index is 0.236. The molecule has 0 atom stereocenters. The molecule has 29 heavy (non-hydrogen) atoms. The first kappa shape index (κ1) is 19.3. The van der Waals surface area contributed by atoms with Gasteiger partial charge in [0.25, 0.3) is 5.56 Å². The number of ether oxygens (including phenoxy) is 2. The van der Waals surface area contributed by atoms with Gasteiger partial charge in [0, 0.05) is 22.2 Å². The van der Waals surface area contributed by atoms with Crippen molar-refractivity contribution in [3.8, 4) is 22.9 Å². The van der Waals surface area contributed by atoms with Crippen LogP contribution in [0.4, 0.5) is 0 Å². The first-order valence-corrected chi connectivity index (χ1v) is 9.55. The van der Waals surface area contributed by atoms with Crippen LogP contribution in [0.2, 0.25) is 10.0 Å². The SMILES string of the molecule is COc1cc(-c2nc3ccccc3c(=O)[nH]2)c(Cl)cc1OCc1ccccc1Cl. The van der Waals surface area contributed by atoms with E-state index in [0.29, 0.717) is 43.8 Å². The molecule has 1 heterocycles. The summed E-state index contributed by atoms with van der Waals surface area (Å²) in [6.45, 7) is 0.261. The van der Waals surface area contributed by atoms with Crippen molar-refractivity contribution < 1.29 is 9.47 Å². The van der Waals surface area contributed by atoms with Crippen molar-refractivity contribution in [3.05, 3.63) is 86.6 Å². The van der Waals surface area contributed by atoms with Gasteiger partial charge in [-0.1, -0.05) is 53.5 Å². The van der Waals surface area contributed by atoms with E-state index >= 15 is 0 Å². The van der Waals surface area contributed by atoms with Gasteiger partial charge in [0.05, 0.1) is 23.0 Å². The van der Waals surface area contributed by atoms with Gasteiger partial charge in [-0.15, -0.1) is 0 Å². The van der Waals surface area contributed by atoms with E-state index in [0.717, 1.165) is 5.56 Å². The molecule has 4 rings (SSSR count). The molecular formula is C22H16Cl2N2O3. The molecule has 7 heteroatoms. The van der Waals surface area contributed by atoms with Crippen LogP contribution >= 0.6 is 23.2 Å². The summed E-state index contributed by atoms with van der Waals surface area (Å²) in [5.41, 5.74) is 1.73. The lowest BCUT2D eigenvalue weighted by atomic mass is 10.1. The van der Waals surface area contributed by atoms with Crippen molar-refractivity contribution in [2.75, 3.05) is 7.11 Å². The molecule has 3 aromatic carbocycles. The Morgan fingerprint density at radius 2 is 1.72 bits per heavy atom. The van der Waals surface area contributed by atoms with Crippen LogP contribution in [-0.4, -0.2) is 17.1 Å². The first-order valence-electron chi connectivity index (χ1n) is 8.80. The topological polar surface area (TPSA) is 64.2 Å². The van der Waals surface area contributed by atoms with Crippen molar-refractivity contribution in [1.29, 1.82) is 0 Å². The molecule has 0 radical (unpaired) electrons. The Kier molecular flexibility index (Phi) is 5.43.